The third kappa shape index (κ3) is 4.00. The highest BCUT2D eigenvalue weighted by atomic mass is 35.5. The van der Waals surface area contributed by atoms with Gasteiger partial charge >= 0.3 is 0 Å². The van der Waals surface area contributed by atoms with Crippen LogP contribution in [0.1, 0.15) is 50.7 Å². The monoisotopic (exact) mass is 408 g/mol. The number of ether oxygens (including phenoxy) is 3. The molecule has 0 amide bonds. The molecule has 0 atom stereocenters. The van der Waals surface area contributed by atoms with Crippen LogP contribution in [0.15, 0.2) is 30.3 Å². The first-order valence-corrected chi connectivity index (χ1v) is 10.2. The predicted octanol–water partition coefficient (Wildman–Crippen LogP) is 6.81. The summed E-state index contributed by atoms with van der Waals surface area (Å²) in [5.74, 6) is 2.26. The molecule has 0 N–H and O–H groups in total. The topological polar surface area (TPSA) is 27.7 Å². The third-order valence-corrected chi connectivity index (χ3v) is 6.01. The summed E-state index contributed by atoms with van der Waals surface area (Å²) in [6.45, 7) is 5.48. The smallest absolute Gasteiger partial charge is 0.137 e. The zero-order valence-corrected chi connectivity index (χ0v) is 17.6. The molecule has 0 aromatic heterocycles. The maximum Gasteiger partial charge on any atom is 0.137 e. The van der Waals surface area contributed by atoms with Gasteiger partial charge in [-0.2, -0.15) is 0 Å². The first-order chi connectivity index (χ1) is 13.0. The molecule has 2 aromatic rings. The molecule has 1 aliphatic rings. The highest BCUT2D eigenvalue weighted by Gasteiger charge is 2.39. The van der Waals surface area contributed by atoms with E-state index in [2.05, 4.69) is 19.9 Å². The van der Waals surface area contributed by atoms with Crippen LogP contribution in [0.2, 0.25) is 10.0 Å². The molecule has 0 aliphatic carbocycles. The van der Waals surface area contributed by atoms with E-state index in [4.69, 9.17) is 37.4 Å². The van der Waals surface area contributed by atoms with Gasteiger partial charge in [0, 0.05) is 27.6 Å². The number of benzene rings is 2. The van der Waals surface area contributed by atoms with Crippen molar-refractivity contribution >= 4 is 23.2 Å². The molecule has 146 valence electrons. The van der Waals surface area contributed by atoms with E-state index in [1.807, 2.05) is 12.1 Å². The maximum atomic E-state index is 6.37. The van der Waals surface area contributed by atoms with Crippen LogP contribution in [0.25, 0.3) is 0 Å². The molecule has 0 bridgehead atoms. The molecule has 3 rings (SSSR count). The zero-order chi connectivity index (χ0) is 19.4. The summed E-state index contributed by atoms with van der Waals surface area (Å²) in [5, 5.41) is 1.04. The Morgan fingerprint density at radius 2 is 1.81 bits per heavy atom. The Labute approximate surface area is 171 Å². The Hall–Kier alpha value is -1.58. The normalized spacial score (nSPS) is 14.6. The van der Waals surface area contributed by atoms with Crippen molar-refractivity contribution in [2.75, 3.05) is 13.7 Å². The SMILES string of the molecule is CCCC1(CCC)COc2cc(OCc3c(Cl)ccc(OC)c3Cl)ccc21. The molecule has 1 heterocycles. The van der Waals surface area contributed by atoms with Crippen LogP contribution in [-0.2, 0) is 12.0 Å². The van der Waals surface area contributed by atoms with Gasteiger partial charge in [-0.3, -0.25) is 0 Å². The summed E-state index contributed by atoms with van der Waals surface area (Å²) in [5.41, 5.74) is 2.15. The van der Waals surface area contributed by atoms with E-state index in [9.17, 15) is 0 Å². The molecule has 0 radical (unpaired) electrons. The predicted molar refractivity (Wildman–Crippen MR) is 111 cm³/mol. The average molecular weight is 409 g/mol. The Kier molecular flexibility index (Phi) is 6.44. The zero-order valence-electron chi connectivity index (χ0n) is 16.1. The number of methoxy groups -OCH3 is 1. The van der Waals surface area contributed by atoms with E-state index < -0.39 is 0 Å². The second-order valence-electron chi connectivity index (χ2n) is 7.06. The molecule has 0 spiro atoms. The van der Waals surface area contributed by atoms with Crippen molar-refractivity contribution in [1.82, 2.24) is 0 Å². The van der Waals surface area contributed by atoms with Gasteiger partial charge in [0.1, 0.15) is 23.9 Å². The van der Waals surface area contributed by atoms with E-state index in [1.54, 1.807) is 19.2 Å². The summed E-state index contributed by atoms with van der Waals surface area (Å²) < 4.78 is 17.3. The summed E-state index contributed by atoms with van der Waals surface area (Å²) in [6.07, 6.45) is 4.58. The summed E-state index contributed by atoms with van der Waals surface area (Å²) in [4.78, 5) is 0. The van der Waals surface area contributed by atoms with Crippen LogP contribution >= 0.6 is 23.2 Å². The molecule has 0 unspecified atom stereocenters. The minimum Gasteiger partial charge on any atom is -0.495 e. The van der Waals surface area contributed by atoms with Gasteiger partial charge in [-0.15, -0.1) is 0 Å². The van der Waals surface area contributed by atoms with Gasteiger partial charge in [-0.05, 0) is 31.0 Å². The van der Waals surface area contributed by atoms with Crippen LogP contribution < -0.4 is 14.2 Å². The minimum absolute atomic E-state index is 0.136. The van der Waals surface area contributed by atoms with E-state index in [1.165, 1.54) is 5.56 Å². The van der Waals surface area contributed by atoms with E-state index in [0.29, 0.717) is 21.4 Å². The van der Waals surface area contributed by atoms with Crippen LogP contribution in [0.3, 0.4) is 0 Å². The van der Waals surface area contributed by atoms with Crippen LogP contribution in [0.5, 0.6) is 17.2 Å². The van der Waals surface area contributed by atoms with Crippen molar-refractivity contribution in [3.05, 3.63) is 51.5 Å². The van der Waals surface area contributed by atoms with Crippen molar-refractivity contribution in [2.24, 2.45) is 0 Å². The quantitative estimate of drug-likeness (QED) is 0.479. The van der Waals surface area contributed by atoms with Gasteiger partial charge in [0.15, 0.2) is 0 Å². The highest BCUT2D eigenvalue weighted by molar-refractivity contribution is 6.36. The summed E-state index contributed by atoms with van der Waals surface area (Å²) in [6, 6.07) is 9.65. The molecule has 5 heteroatoms. The lowest BCUT2D eigenvalue weighted by Gasteiger charge is -2.27. The number of halogens is 2. The molecule has 1 aliphatic heterocycles. The fraction of sp³-hybridized carbons (Fsp3) is 0.455. The molecular weight excluding hydrogens is 383 g/mol. The maximum absolute atomic E-state index is 6.37. The summed E-state index contributed by atoms with van der Waals surface area (Å²) in [7, 11) is 1.58. The van der Waals surface area contributed by atoms with Gasteiger partial charge in [0.25, 0.3) is 0 Å². The first kappa shape index (κ1) is 20.2. The molecule has 0 saturated carbocycles. The number of rotatable bonds is 8. The number of fused-ring (bicyclic) bond motifs is 1. The van der Waals surface area contributed by atoms with Gasteiger partial charge < -0.3 is 14.2 Å². The van der Waals surface area contributed by atoms with Gasteiger partial charge in [-0.1, -0.05) is 56.0 Å². The fourth-order valence-corrected chi connectivity index (χ4v) is 4.52. The Morgan fingerprint density at radius 3 is 2.48 bits per heavy atom. The van der Waals surface area contributed by atoms with Crippen molar-refractivity contribution in [3.63, 3.8) is 0 Å². The fourth-order valence-electron chi connectivity index (χ4n) is 3.96. The van der Waals surface area contributed by atoms with E-state index >= 15 is 0 Å². The second kappa shape index (κ2) is 8.62. The Bertz CT molecular complexity index is 798. The highest BCUT2D eigenvalue weighted by Crippen LogP contribution is 2.46. The van der Waals surface area contributed by atoms with Crippen molar-refractivity contribution < 1.29 is 14.2 Å². The molecule has 3 nitrogen and oxygen atoms in total. The van der Waals surface area contributed by atoms with E-state index in [-0.39, 0.29) is 12.0 Å². The second-order valence-corrected chi connectivity index (χ2v) is 7.84. The lowest BCUT2D eigenvalue weighted by Crippen LogP contribution is -2.27. The molecule has 0 fully saturated rings. The van der Waals surface area contributed by atoms with Crippen molar-refractivity contribution in [3.8, 4) is 17.2 Å². The molecule has 27 heavy (non-hydrogen) atoms. The van der Waals surface area contributed by atoms with Crippen molar-refractivity contribution in [1.29, 1.82) is 0 Å². The molecular formula is C22H26Cl2O3. The third-order valence-electron chi connectivity index (χ3n) is 5.24. The molecule has 0 saturated heterocycles. The Morgan fingerprint density at radius 1 is 1.07 bits per heavy atom. The lowest BCUT2D eigenvalue weighted by atomic mass is 9.75. The largest absolute Gasteiger partial charge is 0.495 e. The standard InChI is InChI=1S/C22H26Cl2O3/c1-4-10-22(11-5-2)14-27-20-12-15(6-7-17(20)22)26-13-16-18(23)8-9-19(25-3)21(16)24/h6-9,12H,4-5,10-11,13-14H2,1-3H3. The minimum atomic E-state index is 0.136. The van der Waals surface area contributed by atoms with Crippen molar-refractivity contribution in [2.45, 2.75) is 51.6 Å². The van der Waals surface area contributed by atoms with Gasteiger partial charge in [-0.25, -0.2) is 0 Å². The van der Waals surface area contributed by atoms with Crippen LogP contribution in [-0.4, -0.2) is 13.7 Å². The summed E-state index contributed by atoms with van der Waals surface area (Å²) >= 11 is 12.6. The molecule has 2 aromatic carbocycles. The van der Waals surface area contributed by atoms with Gasteiger partial charge in [0.2, 0.25) is 0 Å². The lowest BCUT2D eigenvalue weighted by molar-refractivity contribution is 0.238. The van der Waals surface area contributed by atoms with E-state index in [0.717, 1.165) is 43.8 Å². The first-order valence-electron chi connectivity index (χ1n) is 9.45. The average Bonchev–Trinajstić information content (AvgIpc) is 3.00. The number of hydrogen-bond donors (Lipinski definition) is 0. The van der Waals surface area contributed by atoms with Gasteiger partial charge in [0.05, 0.1) is 18.7 Å². The number of hydrogen-bond acceptors (Lipinski definition) is 3. The van der Waals surface area contributed by atoms with Crippen LogP contribution in [0, 0.1) is 0 Å². The Balaban J connectivity index is 1.80. The van der Waals surface area contributed by atoms with Crippen LogP contribution in [0.4, 0.5) is 0 Å².